The molecular formula is C43H52ClN3O6S2. The Kier molecular flexibility index (Phi) is 13.4. The summed E-state index contributed by atoms with van der Waals surface area (Å²) in [5.41, 5.74) is 4.64. The van der Waals surface area contributed by atoms with Crippen LogP contribution in [0.4, 0.5) is 5.69 Å². The van der Waals surface area contributed by atoms with Crippen molar-refractivity contribution in [3.05, 3.63) is 112 Å². The molecule has 0 bridgehead atoms. The molecule has 1 aliphatic carbocycles. The van der Waals surface area contributed by atoms with E-state index in [-0.39, 0.29) is 29.8 Å². The number of hydrogen-bond donors (Lipinski definition) is 0. The molecule has 1 fully saturated rings. The molecule has 4 aromatic rings. The highest BCUT2D eigenvalue weighted by Crippen LogP contribution is 2.40. The van der Waals surface area contributed by atoms with Gasteiger partial charge in [0.2, 0.25) is 10.0 Å². The molecule has 2 aliphatic rings. The molecule has 0 radical (unpaired) electrons. The van der Waals surface area contributed by atoms with Crippen molar-refractivity contribution in [2.75, 3.05) is 32.2 Å². The molecule has 0 amide bonds. The van der Waals surface area contributed by atoms with Gasteiger partial charge in [-0.15, -0.1) is 0 Å². The summed E-state index contributed by atoms with van der Waals surface area (Å²) in [7, 11) is -0.812. The highest BCUT2D eigenvalue weighted by atomic mass is 35.5. The fourth-order valence-corrected chi connectivity index (χ4v) is 9.13. The van der Waals surface area contributed by atoms with E-state index in [4.69, 9.17) is 25.8 Å². The average Bonchev–Trinajstić information content (AvgIpc) is 3.19. The molecule has 0 spiro atoms. The second kappa shape index (κ2) is 18.0. The Balaban J connectivity index is 1.36. The third-order valence-corrected chi connectivity index (χ3v) is 13.8. The molecule has 12 heteroatoms. The molecule has 0 aromatic heterocycles. The zero-order valence-electron chi connectivity index (χ0n) is 32.4. The van der Waals surface area contributed by atoms with E-state index in [2.05, 4.69) is 9.30 Å². The minimum Gasteiger partial charge on any atom is -0.591 e. The highest BCUT2D eigenvalue weighted by Gasteiger charge is 2.35. The van der Waals surface area contributed by atoms with Crippen LogP contribution in [0.5, 0.6) is 17.2 Å². The molecule has 1 saturated carbocycles. The largest absolute Gasteiger partial charge is 0.591 e. The number of ether oxygens (including phenoxy) is 3. The fourth-order valence-electron chi connectivity index (χ4n) is 6.92. The van der Waals surface area contributed by atoms with Crippen LogP contribution in [0.15, 0.2) is 94.2 Å². The fraction of sp³-hybridized carbons (Fsp3) is 0.419. The van der Waals surface area contributed by atoms with Crippen molar-refractivity contribution in [1.82, 2.24) is 4.31 Å². The third-order valence-electron chi connectivity index (χ3n) is 10.4. The van der Waals surface area contributed by atoms with E-state index >= 15 is 0 Å². The van der Waals surface area contributed by atoms with Crippen LogP contribution in [-0.2, 0) is 47.5 Å². The second-order valence-corrected chi connectivity index (χ2v) is 19.6. The van der Waals surface area contributed by atoms with Gasteiger partial charge in [-0.05, 0) is 136 Å². The van der Waals surface area contributed by atoms with Gasteiger partial charge in [0.05, 0.1) is 31.0 Å². The lowest BCUT2D eigenvalue weighted by Gasteiger charge is -2.39. The van der Waals surface area contributed by atoms with Crippen molar-refractivity contribution in [1.29, 1.82) is 0 Å². The number of methoxy groups -OCH3 is 2. The van der Waals surface area contributed by atoms with Crippen LogP contribution in [0.2, 0.25) is 5.02 Å². The van der Waals surface area contributed by atoms with E-state index in [0.29, 0.717) is 42.0 Å². The van der Waals surface area contributed by atoms with Crippen LogP contribution >= 0.6 is 11.6 Å². The molecule has 0 N–H and O–H groups in total. The van der Waals surface area contributed by atoms with Gasteiger partial charge in [0.1, 0.15) is 40.0 Å². The van der Waals surface area contributed by atoms with E-state index < -0.39 is 26.1 Å². The number of rotatable bonds is 12. The summed E-state index contributed by atoms with van der Waals surface area (Å²) < 4.78 is 65.3. The summed E-state index contributed by atoms with van der Waals surface area (Å²) in [5.74, 6) is 2.49. The predicted molar refractivity (Wildman–Crippen MR) is 222 cm³/mol. The molecule has 9 nitrogen and oxygen atoms in total. The van der Waals surface area contributed by atoms with Crippen molar-refractivity contribution >= 4 is 44.9 Å². The number of halogens is 1. The Labute approximate surface area is 335 Å². The Morgan fingerprint density at radius 2 is 1.56 bits per heavy atom. The zero-order valence-corrected chi connectivity index (χ0v) is 34.8. The Bertz CT molecular complexity index is 1990. The summed E-state index contributed by atoms with van der Waals surface area (Å²) in [4.78, 5) is 2.48. The van der Waals surface area contributed by atoms with Crippen molar-refractivity contribution in [3.63, 3.8) is 0 Å². The van der Waals surface area contributed by atoms with Gasteiger partial charge in [-0.1, -0.05) is 46.3 Å². The number of nitrogens with zero attached hydrogens (tertiary/aromatic N) is 3. The SMILES string of the molecule is COc1ccc(CN(Cc2ccc(OC)cc2)S(=O)(=O)c2ccc3c(c2)N(C[C@@H]2CC[C@H]2/C=N/[S@@+]([O-])C(C)(C)C)CCCCc2cc(Cl)ccc2CO3)cc1. The smallest absolute Gasteiger partial charge is 0.243 e. The van der Waals surface area contributed by atoms with Crippen molar-refractivity contribution in [3.8, 4) is 17.2 Å². The van der Waals surface area contributed by atoms with Crippen LogP contribution in [0.25, 0.3) is 0 Å². The number of benzene rings is 4. The molecule has 6 rings (SSSR count). The summed E-state index contributed by atoms with van der Waals surface area (Å²) in [6.45, 7) is 7.84. The van der Waals surface area contributed by atoms with Gasteiger partial charge in [0.15, 0.2) is 0 Å². The molecule has 1 aliphatic heterocycles. The predicted octanol–water partition coefficient (Wildman–Crippen LogP) is 9.03. The summed E-state index contributed by atoms with van der Waals surface area (Å²) >= 11 is 5.08. The van der Waals surface area contributed by atoms with Gasteiger partial charge in [0, 0.05) is 37.1 Å². The van der Waals surface area contributed by atoms with Crippen LogP contribution in [0.1, 0.15) is 68.7 Å². The maximum absolute atomic E-state index is 14.8. The van der Waals surface area contributed by atoms with Gasteiger partial charge in [-0.3, -0.25) is 0 Å². The first-order valence-electron chi connectivity index (χ1n) is 18.9. The summed E-state index contributed by atoms with van der Waals surface area (Å²) in [6.07, 6.45) is 6.56. The molecule has 1 heterocycles. The van der Waals surface area contributed by atoms with Gasteiger partial charge in [-0.25, -0.2) is 8.42 Å². The van der Waals surface area contributed by atoms with E-state index in [1.54, 1.807) is 32.4 Å². The third kappa shape index (κ3) is 10.4. The lowest BCUT2D eigenvalue weighted by molar-refractivity contribution is 0.253. The van der Waals surface area contributed by atoms with Crippen LogP contribution in [0.3, 0.4) is 0 Å². The first kappa shape index (κ1) is 40.9. The monoisotopic (exact) mass is 805 g/mol. The van der Waals surface area contributed by atoms with E-state index in [9.17, 15) is 13.0 Å². The number of sulfonamides is 1. The van der Waals surface area contributed by atoms with Crippen LogP contribution in [-0.4, -0.2) is 55.5 Å². The summed E-state index contributed by atoms with van der Waals surface area (Å²) in [5, 5.41) is 0.699. The van der Waals surface area contributed by atoms with Crippen LogP contribution in [0, 0.1) is 11.8 Å². The Morgan fingerprint density at radius 3 is 2.15 bits per heavy atom. The van der Waals surface area contributed by atoms with Crippen molar-refractivity contribution in [2.24, 2.45) is 16.2 Å². The number of fused-ring (bicyclic) bond motifs is 2. The maximum atomic E-state index is 14.8. The Morgan fingerprint density at radius 1 is 0.909 bits per heavy atom. The van der Waals surface area contributed by atoms with E-state index in [1.807, 2.05) is 93.7 Å². The zero-order chi connectivity index (χ0) is 39.2. The molecular weight excluding hydrogens is 754 g/mol. The lowest BCUT2D eigenvalue weighted by atomic mass is 9.74. The highest BCUT2D eigenvalue weighted by molar-refractivity contribution is 7.91. The molecule has 294 valence electrons. The lowest BCUT2D eigenvalue weighted by Crippen LogP contribution is -2.40. The normalized spacial score (nSPS) is 18.4. The number of aryl methyl sites for hydroxylation is 1. The van der Waals surface area contributed by atoms with Crippen molar-refractivity contribution in [2.45, 2.75) is 82.2 Å². The van der Waals surface area contributed by atoms with Gasteiger partial charge in [-0.2, -0.15) is 4.31 Å². The van der Waals surface area contributed by atoms with Crippen molar-refractivity contribution < 1.29 is 27.2 Å². The maximum Gasteiger partial charge on any atom is 0.243 e. The van der Waals surface area contributed by atoms with Gasteiger partial charge < -0.3 is 23.7 Å². The Hall–Kier alpha value is -3.74. The first-order chi connectivity index (χ1) is 26.3. The molecule has 55 heavy (non-hydrogen) atoms. The standard InChI is InChI=1S/C43H52ClN3O6S2/c1-43(2,3)54(48)45-26-34-13-14-35(34)29-46-23-7-6-8-33-24-37(44)16-15-36(33)30-53-42-22-21-40(25-41(42)46)55(49,50)47(27-31-9-17-38(51-4)18-10-31)28-32-11-19-39(52-5)20-12-32/h9-12,15-22,24-26,34-35H,6-8,13-14,23,27-30H2,1-5H3/b45-26+/t34-,35-,54-/m0/s1. The van der Waals surface area contributed by atoms with Crippen LogP contribution < -0.4 is 19.1 Å². The first-order valence-corrected chi connectivity index (χ1v) is 21.8. The van der Waals surface area contributed by atoms with E-state index in [0.717, 1.165) is 60.0 Å². The number of hydrogen-bond acceptors (Lipinski definition) is 8. The average molecular weight is 806 g/mol. The second-order valence-electron chi connectivity index (χ2n) is 15.3. The molecule has 0 unspecified atom stereocenters. The number of anilines is 1. The van der Waals surface area contributed by atoms with E-state index in [1.165, 1.54) is 4.31 Å². The quantitative estimate of drug-likeness (QED) is 0.104. The van der Waals surface area contributed by atoms with Gasteiger partial charge >= 0.3 is 0 Å². The molecule has 4 aromatic carbocycles. The summed E-state index contributed by atoms with van der Waals surface area (Å²) in [6, 6.07) is 26.1. The minimum atomic E-state index is -4.03. The molecule has 3 atom stereocenters. The van der Waals surface area contributed by atoms with Gasteiger partial charge in [0.25, 0.3) is 0 Å². The molecule has 0 saturated heterocycles. The minimum absolute atomic E-state index is 0.161. The topological polar surface area (TPSA) is 104 Å².